The fraction of sp³-hybridized carbons (Fsp3) is 0.500. The highest BCUT2D eigenvalue weighted by Gasteiger charge is 2.28. The van der Waals surface area contributed by atoms with Crippen LogP contribution >= 0.6 is 0 Å². The minimum Gasteiger partial charge on any atom is -0.378 e. The largest absolute Gasteiger partial charge is 0.378 e. The van der Waals surface area contributed by atoms with E-state index in [0.29, 0.717) is 12.4 Å². The average molecular weight is 247 g/mol. The minimum atomic E-state index is 0.316. The zero-order valence-corrected chi connectivity index (χ0v) is 11.5. The second kappa shape index (κ2) is 5.55. The molecule has 0 amide bonds. The van der Waals surface area contributed by atoms with Crippen LogP contribution in [0.2, 0.25) is 0 Å². The SMILES string of the molecule is C/C=C1\CCCC2=C(CC)C(C)NC(/C=C/F)=C21. The first-order chi connectivity index (χ1) is 8.72. The Balaban J connectivity index is 2.59. The lowest BCUT2D eigenvalue weighted by atomic mass is 9.77. The van der Waals surface area contributed by atoms with Gasteiger partial charge in [0.1, 0.15) is 0 Å². The standard InChI is InChI=1S/C16H22FN/c1-4-12-7-6-8-14-13(5-2)11(3)18-15(9-10-17)16(12)14/h4,9-11,18H,5-8H2,1-3H3/b10-9+,12-4+. The van der Waals surface area contributed by atoms with E-state index >= 15 is 0 Å². The number of rotatable bonds is 2. The molecule has 0 aromatic heterocycles. The van der Waals surface area contributed by atoms with E-state index in [9.17, 15) is 4.39 Å². The van der Waals surface area contributed by atoms with Crippen molar-refractivity contribution in [3.05, 3.63) is 46.5 Å². The van der Waals surface area contributed by atoms with Gasteiger partial charge in [0.2, 0.25) is 0 Å². The van der Waals surface area contributed by atoms with Crippen LogP contribution in [0, 0.1) is 0 Å². The smallest absolute Gasteiger partial charge is 0.0887 e. The second-order valence-corrected chi connectivity index (χ2v) is 4.97. The Labute approximate surface area is 109 Å². The quantitative estimate of drug-likeness (QED) is 0.754. The summed E-state index contributed by atoms with van der Waals surface area (Å²) in [6, 6.07) is 0.316. The molecule has 0 radical (unpaired) electrons. The van der Waals surface area contributed by atoms with Crippen molar-refractivity contribution in [2.24, 2.45) is 0 Å². The molecular formula is C16H22FN. The number of hydrogen-bond acceptors (Lipinski definition) is 1. The molecular weight excluding hydrogens is 225 g/mol. The number of dihydropyridines is 1. The lowest BCUT2D eigenvalue weighted by Gasteiger charge is -2.35. The van der Waals surface area contributed by atoms with E-state index in [1.807, 2.05) is 0 Å². The highest BCUT2D eigenvalue weighted by Crippen LogP contribution is 2.41. The zero-order chi connectivity index (χ0) is 13.1. The van der Waals surface area contributed by atoms with Crippen molar-refractivity contribution in [3.8, 4) is 0 Å². The third-order valence-electron chi connectivity index (χ3n) is 4.01. The number of fused-ring (bicyclic) bond motifs is 1. The molecule has 2 aliphatic rings. The Morgan fingerprint density at radius 3 is 2.78 bits per heavy atom. The molecule has 1 heterocycles. The molecule has 0 saturated heterocycles. The summed E-state index contributed by atoms with van der Waals surface area (Å²) in [6.07, 6.45) is 8.88. The van der Waals surface area contributed by atoms with Crippen LogP contribution in [-0.2, 0) is 0 Å². The van der Waals surface area contributed by atoms with Gasteiger partial charge in [0, 0.05) is 17.3 Å². The summed E-state index contributed by atoms with van der Waals surface area (Å²) in [7, 11) is 0. The number of nitrogens with one attached hydrogen (secondary N) is 1. The van der Waals surface area contributed by atoms with Crippen LogP contribution in [-0.4, -0.2) is 6.04 Å². The summed E-state index contributed by atoms with van der Waals surface area (Å²) in [5.74, 6) is 0. The van der Waals surface area contributed by atoms with E-state index in [1.165, 1.54) is 28.7 Å². The maximum absolute atomic E-state index is 12.6. The molecule has 1 aliphatic heterocycles. The maximum Gasteiger partial charge on any atom is 0.0887 e. The third kappa shape index (κ3) is 2.16. The van der Waals surface area contributed by atoms with Crippen molar-refractivity contribution >= 4 is 0 Å². The Morgan fingerprint density at radius 2 is 2.17 bits per heavy atom. The van der Waals surface area contributed by atoms with E-state index in [2.05, 4.69) is 32.2 Å². The van der Waals surface area contributed by atoms with Gasteiger partial charge in [-0.15, -0.1) is 0 Å². The first kappa shape index (κ1) is 13.1. The Morgan fingerprint density at radius 1 is 1.39 bits per heavy atom. The lowest BCUT2D eigenvalue weighted by molar-refractivity contribution is 0.620. The van der Waals surface area contributed by atoms with E-state index in [0.717, 1.165) is 25.0 Å². The first-order valence-electron chi connectivity index (χ1n) is 6.88. The van der Waals surface area contributed by atoms with Gasteiger partial charge in [-0.05, 0) is 62.3 Å². The summed E-state index contributed by atoms with van der Waals surface area (Å²) < 4.78 is 12.6. The number of hydrogen-bond donors (Lipinski definition) is 1. The molecule has 1 N–H and O–H groups in total. The van der Waals surface area contributed by atoms with Crippen LogP contribution in [0.3, 0.4) is 0 Å². The van der Waals surface area contributed by atoms with Crippen LogP contribution < -0.4 is 5.32 Å². The monoisotopic (exact) mass is 247 g/mol. The van der Waals surface area contributed by atoms with Crippen LogP contribution in [0.15, 0.2) is 46.5 Å². The van der Waals surface area contributed by atoms with Crippen molar-refractivity contribution in [1.29, 1.82) is 0 Å². The van der Waals surface area contributed by atoms with Crippen LogP contribution in [0.5, 0.6) is 0 Å². The molecule has 0 aromatic rings. The Hall–Kier alpha value is -1.31. The summed E-state index contributed by atoms with van der Waals surface area (Å²) in [4.78, 5) is 0. The summed E-state index contributed by atoms with van der Waals surface area (Å²) in [5, 5.41) is 3.44. The summed E-state index contributed by atoms with van der Waals surface area (Å²) in [6.45, 7) is 6.45. The van der Waals surface area contributed by atoms with E-state index in [1.54, 1.807) is 6.08 Å². The molecule has 2 rings (SSSR count). The van der Waals surface area contributed by atoms with Gasteiger partial charge in [0.05, 0.1) is 6.33 Å². The molecule has 1 unspecified atom stereocenters. The van der Waals surface area contributed by atoms with Crippen molar-refractivity contribution in [3.63, 3.8) is 0 Å². The lowest BCUT2D eigenvalue weighted by Crippen LogP contribution is -2.34. The molecule has 1 atom stereocenters. The van der Waals surface area contributed by atoms with Crippen LogP contribution in [0.1, 0.15) is 46.5 Å². The molecule has 98 valence electrons. The van der Waals surface area contributed by atoms with Gasteiger partial charge in [-0.25, -0.2) is 4.39 Å². The zero-order valence-electron chi connectivity index (χ0n) is 11.5. The molecule has 1 nitrogen and oxygen atoms in total. The van der Waals surface area contributed by atoms with Crippen molar-refractivity contribution in [1.82, 2.24) is 5.32 Å². The normalized spacial score (nSPS) is 26.9. The van der Waals surface area contributed by atoms with Gasteiger partial charge in [-0.3, -0.25) is 0 Å². The molecule has 1 saturated carbocycles. The summed E-state index contributed by atoms with van der Waals surface area (Å²) >= 11 is 0. The van der Waals surface area contributed by atoms with Gasteiger partial charge in [-0.2, -0.15) is 0 Å². The molecule has 18 heavy (non-hydrogen) atoms. The molecule has 0 bridgehead atoms. The van der Waals surface area contributed by atoms with Crippen LogP contribution in [0.25, 0.3) is 0 Å². The van der Waals surface area contributed by atoms with E-state index in [-0.39, 0.29) is 0 Å². The van der Waals surface area contributed by atoms with Gasteiger partial charge in [-0.1, -0.05) is 13.0 Å². The minimum absolute atomic E-state index is 0.316. The highest BCUT2D eigenvalue weighted by atomic mass is 19.1. The maximum atomic E-state index is 12.6. The highest BCUT2D eigenvalue weighted by molar-refractivity contribution is 5.58. The second-order valence-electron chi connectivity index (χ2n) is 4.97. The molecule has 1 aliphatic carbocycles. The van der Waals surface area contributed by atoms with Gasteiger partial charge >= 0.3 is 0 Å². The van der Waals surface area contributed by atoms with Crippen molar-refractivity contribution in [2.45, 2.75) is 52.5 Å². The number of allylic oxidation sites excluding steroid dienone is 5. The third-order valence-corrected chi connectivity index (χ3v) is 4.01. The predicted octanol–water partition coefficient (Wildman–Crippen LogP) is 4.55. The van der Waals surface area contributed by atoms with Gasteiger partial charge in [0.25, 0.3) is 0 Å². The Bertz CT molecular complexity index is 452. The van der Waals surface area contributed by atoms with Gasteiger partial charge < -0.3 is 5.32 Å². The molecule has 0 aromatic carbocycles. The van der Waals surface area contributed by atoms with Crippen molar-refractivity contribution < 1.29 is 4.39 Å². The fourth-order valence-electron chi connectivity index (χ4n) is 3.21. The van der Waals surface area contributed by atoms with Crippen LogP contribution in [0.4, 0.5) is 4.39 Å². The topological polar surface area (TPSA) is 12.0 Å². The molecule has 0 spiro atoms. The van der Waals surface area contributed by atoms with Crippen molar-refractivity contribution in [2.75, 3.05) is 0 Å². The van der Waals surface area contributed by atoms with Gasteiger partial charge in [0.15, 0.2) is 0 Å². The predicted molar refractivity (Wildman–Crippen MR) is 74.8 cm³/mol. The first-order valence-corrected chi connectivity index (χ1v) is 6.88. The average Bonchev–Trinajstić information content (AvgIpc) is 2.38. The van der Waals surface area contributed by atoms with E-state index < -0.39 is 0 Å². The Kier molecular flexibility index (Phi) is 4.05. The fourth-order valence-corrected chi connectivity index (χ4v) is 3.21. The van der Waals surface area contributed by atoms with E-state index in [4.69, 9.17) is 0 Å². The summed E-state index contributed by atoms with van der Waals surface area (Å²) in [5.41, 5.74) is 6.50. The molecule has 1 fully saturated rings. The number of halogens is 1. The molecule has 2 heteroatoms.